The highest BCUT2D eigenvalue weighted by atomic mass is 19.1. The number of carbonyl (C=O) groups is 1. The van der Waals surface area contributed by atoms with Crippen molar-refractivity contribution >= 4 is 5.91 Å². The third kappa shape index (κ3) is 5.12. The Morgan fingerprint density at radius 2 is 1.56 bits per heavy atom. The molecule has 0 saturated carbocycles. The van der Waals surface area contributed by atoms with E-state index in [0.29, 0.717) is 17.2 Å². The first-order chi connectivity index (χ1) is 12.9. The minimum absolute atomic E-state index is 0.146. The molecule has 0 heterocycles. The lowest BCUT2D eigenvalue weighted by Gasteiger charge is -2.23. The molecule has 0 aliphatic heterocycles. The highest BCUT2D eigenvalue weighted by Gasteiger charge is 2.20. The first-order valence-electron chi connectivity index (χ1n) is 8.73. The zero-order valence-corrected chi connectivity index (χ0v) is 16.3. The topological polar surface area (TPSA) is 56.8 Å². The molecule has 0 aliphatic rings. The number of amides is 1. The Bertz CT molecular complexity index is 749. The highest BCUT2D eigenvalue weighted by molar-refractivity contribution is 5.79. The van der Waals surface area contributed by atoms with E-state index >= 15 is 0 Å². The van der Waals surface area contributed by atoms with Gasteiger partial charge < -0.3 is 19.5 Å². The van der Waals surface area contributed by atoms with Crippen LogP contribution in [-0.4, -0.2) is 27.2 Å². The van der Waals surface area contributed by atoms with E-state index in [1.54, 1.807) is 24.3 Å². The highest BCUT2D eigenvalue weighted by Crippen LogP contribution is 2.38. The Balaban J connectivity index is 2.19. The van der Waals surface area contributed by atoms with Crippen molar-refractivity contribution in [2.24, 2.45) is 5.92 Å². The maximum Gasteiger partial charge on any atom is 0.224 e. The van der Waals surface area contributed by atoms with Crippen LogP contribution in [0.2, 0.25) is 0 Å². The summed E-state index contributed by atoms with van der Waals surface area (Å²) in [4.78, 5) is 12.6. The number of hydrogen-bond donors (Lipinski definition) is 1. The van der Waals surface area contributed by atoms with E-state index in [-0.39, 0.29) is 30.1 Å². The summed E-state index contributed by atoms with van der Waals surface area (Å²) >= 11 is 0. The van der Waals surface area contributed by atoms with Gasteiger partial charge in [0.15, 0.2) is 11.5 Å². The Morgan fingerprint density at radius 3 is 2.00 bits per heavy atom. The number of ether oxygens (including phenoxy) is 3. The molecule has 0 aliphatic carbocycles. The van der Waals surface area contributed by atoms with Gasteiger partial charge in [-0.25, -0.2) is 4.39 Å². The lowest BCUT2D eigenvalue weighted by atomic mass is 9.95. The maximum absolute atomic E-state index is 13.2. The molecule has 0 radical (unpaired) electrons. The van der Waals surface area contributed by atoms with Gasteiger partial charge in [-0.05, 0) is 41.3 Å². The van der Waals surface area contributed by atoms with Crippen molar-refractivity contribution in [1.82, 2.24) is 5.32 Å². The van der Waals surface area contributed by atoms with Gasteiger partial charge in [0.2, 0.25) is 11.7 Å². The van der Waals surface area contributed by atoms with Crippen LogP contribution in [0.1, 0.15) is 31.0 Å². The van der Waals surface area contributed by atoms with Crippen molar-refractivity contribution < 1.29 is 23.4 Å². The fourth-order valence-corrected chi connectivity index (χ4v) is 2.95. The van der Waals surface area contributed by atoms with Gasteiger partial charge in [0.1, 0.15) is 5.82 Å². The molecule has 2 rings (SSSR count). The van der Waals surface area contributed by atoms with E-state index in [0.717, 1.165) is 11.1 Å². The van der Waals surface area contributed by atoms with Gasteiger partial charge in [0.05, 0.1) is 33.8 Å². The molecule has 1 amide bonds. The van der Waals surface area contributed by atoms with Crippen LogP contribution < -0.4 is 19.5 Å². The predicted molar refractivity (Wildman–Crippen MR) is 102 cm³/mol. The number of halogens is 1. The SMILES string of the molecule is COc1cc(CC(=O)NC(c2ccc(F)cc2)C(C)C)cc(OC)c1OC. The zero-order valence-electron chi connectivity index (χ0n) is 16.3. The second-order valence-corrected chi connectivity index (χ2v) is 6.55. The number of hydrogen-bond acceptors (Lipinski definition) is 4. The number of methoxy groups -OCH3 is 3. The van der Waals surface area contributed by atoms with Crippen molar-refractivity contribution in [2.45, 2.75) is 26.3 Å². The van der Waals surface area contributed by atoms with E-state index in [4.69, 9.17) is 14.2 Å². The number of rotatable bonds is 8. The summed E-state index contributed by atoms with van der Waals surface area (Å²) in [6.07, 6.45) is 0.154. The lowest BCUT2D eigenvalue weighted by molar-refractivity contribution is -0.121. The molecule has 0 aromatic heterocycles. The van der Waals surface area contributed by atoms with E-state index in [1.807, 2.05) is 13.8 Å². The van der Waals surface area contributed by atoms with Crippen molar-refractivity contribution in [3.05, 3.63) is 53.3 Å². The molecule has 146 valence electrons. The van der Waals surface area contributed by atoms with Gasteiger partial charge in [0.25, 0.3) is 0 Å². The molecule has 27 heavy (non-hydrogen) atoms. The molecular formula is C21H26FNO4. The second kappa shape index (κ2) is 9.26. The fraction of sp³-hybridized carbons (Fsp3) is 0.381. The normalized spacial score (nSPS) is 11.8. The summed E-state index contributed by atoms with van der Waals surface area (Å²) in [5, 5.41) is 3.03. The van der Waals surface area contributed by atoms with Crippen LogP contribution in [0, 0.1) is 11.7 Å². The molecule has 6 heteroatoms. The molecule has 2 aromatic carbocycles. The fourth-order valence-electron chi connectivity index (χ4n) is 2.95. The van der Waals surface area contributed by atoms with E-state index in [1.165, 1.54) is 33.5 Å². The largest absolute Gasteiger partial charge is 0.493 e. The average Bonchev–Trinajstić information content (AvgIpc) is 2.65. The Hall–Kier alpha value is -2.76. The van der Waals surface area contributed by atoms with Crippen LogP contribution in [0.3, 0.4) is 0 Å². The minimum Gasteiger partial charge on any atom is -0.493 e. The number of nitrogens with one attached hydrogen (secondary N) is 1. The molecule has 0 saturated heterocycles. The summed E-state index contributed by atoms with van der Waals surface area (Å²) in [6.45, 7) is 4.02. The summed E-state index contributed by atoms with van der Waals surface area (Å²) in [6, 6.07) is 9.48. The van der Waals surface area contributed by atoms with Gasteiger partial charge in [0, 0.05) is 0 Å². The van der Waals surface area contributed by atoms with Crippen LogP contribution in [-0.2, 0) is 11.2 Å². The van der Waals surface area contributed by atoms with Gasteiger partial charge >= 0.3 is 0 Å². The van der Waals surface area contributed by atoms with E-state index in [9.17, 15) is 9.18 Å². The summed E-state index contributed by atoms with van der Waals surface area (Å²) < 4.78 is 29.1. The molecule has 0 spiro atoms. The van der Waals surface area contributed by atoms with Gasteiger partial charge in [-0.1, -0.05) is 26.0 Å². The lowest BCUT2D eigenvalue weighted by Crippen LogP contribution is -2.32. The first kappa shape index (κ1) is 20.6. The van der Waals surface area contributed by atoms with Gasteiger partial charge in [-0.3, -0.25) is 4.79 Å². The van der Waals surface area contributed by atoms with Crippen molar-refractivity contribution in [2.75, 3.05) is 21.3 Å². The van der Waals surface area contributed by atoms with Crippen LogP contribution in [0.15, 0.2) is 36.4 Å². The Labute approximate surface area is 159 Å². The molecule has 0 fully saturated rings. The molecule has 1 atom stereocenters. The number of carbonyl (C=O) groups excluding carboxylic acids is 1. The van der Waals surface area contributed by atoms with Gasteiger partial charge in [-0.2, -0.15) is 0 Å². The van der Waals surface area contributed by atoms with Crippen LogP contribution in [0.4, 0.5) is 4.39 Å². The van der Waals surface area contributed by atoms with Crippen molar-refractivity contribution in [1.29, 1.82) is 0 Å². The van der Waals surface area contributed by atoms with Crippen LogP contribution in [0.25, 0.3) is 0 Å². The molecule has 1 N–H and O–H groups in total. The summed E-state index contributed by atoms with van der Waals surface area (Å²) in [7, 11) is 4.59. The second-order valence-electron chi connectivity index (χ2n) is 6.55. The smallest absolute Gasteiger partial charge is 0.224 e. The summed E-state index contributed by atoms with van der Waals surface area (Å²) in [5.74, 6) is 1.18. The molecule has 2 aromatic rings. The quantitative estimate of drug-likeness (QED) is 0.760. The van der Waals surface area contributed by atoms with Crippen molar-refractivity contribution in [3.8, 4) is 17.2 Å². The third-order valence-electron chi connectivity index (χ3n) is 4.30. The molecule has 1 unspecified atom stereocenters. The van der Waals surface area contributed by atoms with Crippen molar-refractivity contribution in [3.63, 3.8) is 0 Å². The standard InChI is InChI=1S/C21H26FNO4/c1-13(2)20(15-6-8-16(22)9-7-15)23-19(24)12-14-10-17(25-3)21(27-5)18(11-14)26-4/h6-11,13,20H,12H2,1-5H3,(H,23,24). The summed E-state index contributed by atoms with van der Waals surface area (Å²) in [5.41, 5.74) is 1.60. The van der Waals surface area contributed by atoms with Crippen LogP contribution >= 0.6 is 0 Å². The molecule has 0 bridgehead atoms. The van der Waals surface area contributed by atoms with E-state index in [2.05, 4.69) is 5.32 Å². The van der Waals surface area contributed by atoms with Crippen LogP contribution in [0.5, 0.6) is 17.2 Å². The average molecular weight is 375 g/mol. The van der Waals surface area contributed by atoms with E-state index < -0.39 is 0 Å². The molecule has 5 nitrogen and oxygen atoms in total. The Morgan fingerprint density at radius 1 is 1.00 bits per heavy atom. The zero-order chi connectivity index (χ0) is 20.0. The minimum atomic E-state index is -0.301. The molecular weight excluding hydrogens is 349 g/mol. The third-order valence-corrected chi connectivity index (χ3v) is 4.30. The van der Waals surface area contributed by atoms with Gasteiger partial charge in [-0.15, -0.1) is 0 Å². The first-order valence-corrected chi connectivity index (χ1v) is 8.73. The monoisotopic (exact) mass is 375 g/mol. The number of benzene rings is 2. The maximum atomic E-state index is 13.2. The Kier molecular flexibility index (Phi) is 7.05. The predicted octanol–water partition coefficient (Wildman–Crippen LogP) is 3.91.